The molecule has 0 aromatic rings. The SMILES string of the molecule is O=C1CCN(CCC2CCC2)C(=O)CN1. The summed E-state index contributed by atoms with van der Waals surface area (Å²) in [6.07, 6.45) is 5.55. The first kappa shape index (κ1) is 10.5. The molecule has 0 spiro atoms. The maximum atomic E-state index is 11.6. The molecule has 1 saturated carbocycles. The van der Waals surface area contributed by atoms with E-state index in [9.17, 15) is 9.59 Å². The summed E-state index contributed by atoms with van der Waals surface area (Å²) in [5.41, 5.74) is 0. The van der Waals surface area contributed by atoms with E-state index in [-0.39, 0.29) is 18.4 Å². The number of hydrogen-bond acceptors (Lipinski definition) is 2. The zero-order chi connectivity index (χ0) is 10.7. The number of rotatable bonds is 3. The van der Waals surface area contributed by atoms with E-state index in [0.717, 1.165) is 18.9 Å². The van der Waals surface area contributed by atoms with Gasteiger partial charge in [0.15, 0.2) is 0 Å². The Labute approximate surface area is 90.0 Å². The van der Waals surface area contributed by atoms with Gasteiger partial charge in [-0.15, -0.1) is 0 Å². The number of hydrogen-bond donors (Lipinski definition) is 1. The summed E-state index contributed by atoms with van der Waals surface area (Å²) in [5, 5.41) is 2.61. The maximum absolute atomic E-state index is 11.6. The Kier molecular flexibility index (Phi) is 3.23. The average Bonchev–Trinajstić information content (AvgIpc) is 2.30. The van der Waals surface area contributed by atoms with Gasteiger partial charge in [-0.25, -0.2) is 0 Å². The van der Waals surface area contributed by atoms with Gasteiger partial charge < -0.3 is 10.2 Å². The van der Waals surface area contributed by atoms with Crippen molar-refractivity contribution in [3.8, 4) is 0 Å². The second-order valence-electron chi connectivity index (χ2n) is 4.49. The molecule has 0 bridgehead atoms. The van der Waals surface area contributed by atoms with Crippen LogP contribution in [0.15, 0.2) is 0 Å². The van der Waals surface area contributed by atoms with E-state index in [2.05, 4.69) is 5.32 Å². The minimum absolute atomic E-state index is 0.00510. The summed E-state index contributed by atoms with van der Waals surface area (Å²) in [5.74, 6) is 0.888. The van der Waals surface area contributed by atoms with Crippen LogP contribution in [0.5, 0.6) is 0 Å². The third-order valence-corrected chi connectivity index (χ3v) is 3.43. The van der Waals surface area contributed by atoms with Gasteiger partial charge >= 0.3 is 0 Å². The summed E-state index contributed by atoms with van der Waals surface area (Å²) in [7, 11) is 0. The van der Waals surface area contributed by atoms with Crippen LogP contribution in [-0.4, -0.2) is 36.3 Å². The molecule has 4 nitrogen and oxygen atoms in total. The van der Waals surface area contributed by atoms with E-state index in [0.29, 0.717) is 13.0 Å². The van der Waals surface area contributed by atoms with Gasteiger partial charge in [-0.2, -0.15) is 0 Å². The molecule has 15 heavy (non-hydrogen) atoms. The van der Waals surface area contributed by atoms with Gasteiger partial charge in [0.2, 0.25) is 11.8 Å². The van der Waals surface area contributed by atoms with E-state index in [1.807, 2.05) is 4.90 Å². The molecule has 0 aromatic carbocycles. The first-order chi connectivity index (χ1) is 7.25. The van der Waals surface area contributed by atoms with Crippen LogP contribution in [0.2, 0.25) is 0 Å². The van der Waals surface area contributed by atoms with Gasteiger partial charge in [-0.05, 0) is 12.3 Å². The quantitative estimate of drug-likeness (QED) is 0.738. The molecule has 2 amide bonds. The molecule has 0 aromatic heterocycles. The zero-order valence-electron chi connectivity index (χ0n) is 9.00. The fourth-order valence-corrected chi connectivity index (χ4v) is 2.09. The van der Waals surface area contributed by atoms with Gasteiger partial charge in [-0.3, -0.25) is 9.59 Å². The molecule has 1 N–H and O–H groups in total. The lowest BCUT2D eigenvalue weighted by atomic mass is 9.83. The molecule has 84 valence electrons. The van der Waals surface area contributed by atoms with Crippen molar-refractivity contribution in [1.82, 2.24) is 10.2 Å². The van der Waals surface area contributed by atoms with Crippen LogP contribution >= 0.6 is 0 Å². The van der Waals surface area contributed by atoms with Gasteiger partial charge in [0.25, 0.3) is 0 Å². The monoisotopic (exact) mass is 210 g/mol. The average molecular weight is 210 g/mol. The van der Waals surface area contributed by atoms with E-state index < -0.39 is 0 Å². The molecule has 0 atom stereocenters. The van der Waals surface area contributed by atoms with E-state index in [1.54, 1.807) is 0 Å². The number of carbonyl (C=O) groups is 2. The molecule has 2 fully saturated rings. The normalized spacial score (nSPS) is 23.3. The number of nitrogens with zero attached hydrogens (tertiary/aromatic N) is 1. The Balaban J connectivity index is 1.78. The molecule has 0 unspecified atom stereocenters. The molecular formula is C11H18N2O2. The highest BCUT2D eigenvalue weighted by atomic mass is 16.2. The van der Waals surface area contributed by atoms with Crippen molar-refractivity contribution >= 4 is 11.8 Å². The molecule has 1 aliphatic carbocycles. The predicted octanol–water partition coefficient (Wildman–Crippen LogP) is 0.525. The Morgan fingerprint density at radius 2 is 2.13 bits per heavy atom. The molecule has 4 heteroatoms. The molecule has 2 rings (SSSR count). The highest BCUT2D eigenvalue weighted by Crippen LogP contribution is 2.29. The first-order valence-corrected chi connectivity index (χ1v) is 5.80. The van der Waals surface area contributed by atoms with Crippen LogP contribution in [0, 0.1) is 5.92 Å². The second-order valence-corrected chi connectivity index (χ2v) is 4.49. The van der Waals surface area contributed by atoms with Gasteiger partial charge in [-0.1, -0.05) is 19.3 Å². The van der Waals surface area contributed by atoms with Crippen LogP contribution in [-0.2, 0) is 9.59 Å². The van der Waals surface area contributed by atoms with Crippen LogP contribution in [0.1, 0.15) is 32.1 Å². The third kappa shape index (κ3) is 2.70. The minimum Gasteiger partial charge on any atom is -0.347 e. The topological polar surface area (TPSA) is 49.4 Å². The lowest BCUT2D eigenvalue weighted by molar-refractivity contribution is -0.130. The molecule has 1 saturated heterocycles. The number of carbonyl (C=O) groups excluding carboxylic acids is 2. The van der Waals surface area contributed by atoms with E-state index in [1.165, 1.54) is 19.3 Å². The standard InChI is InChI=1S/C11H18N2O2/c14-10-5-7-13(11(15)8-12-10)6-4-9-2-1-3-9/h9H,1-8H2,(H,12,14). The molecule has 1 heterocycles. The summed E-state index contributed by atoms with van der Waals surface area (Å²) in [6, 6.07) is 0. The summed E-state index contributed by atoms with van der Waals surface area (Å²) < 4.78 is 0. The van der Waals surface area contributed by atoms with E-state index >= 15 is 0 Å². The highest BCUT2D eigenvalue weighted by molar-refractivity contribution is 5.87. The van der Waals surface area contributed by atoms with E-state index in [4.69, 9.17) is 0 Å². The van der Waals surface area contributed by atoms with Crippen molar-refractivity contribution in [2.24, 2.45) is 5.92 Å². The fraction of sp³-hybridized carbons (Fsp3) is 0.818. The zero-order valence-corrected chi connectivity index (χ0v) is 9.00. The Morgan fingerprint density at radius 1 is 1.33 bits per heavy atom. The number of nitrogens with one attached hydrogen (secondary N) is 1. The maximum Gasteiger partial charge on any atom is 0.241 e. The summed E-state index contributed by atoms with van der Waals surface area (Å²) >= 11 is 0. The van der Waals surface area contributed by atoms with Crippen molar-refractivity contribution in [3.05, 3.63) is 0 Å². The molecule has 0 radical (unpaired) electrons. The molecular weight excluding hydrogens is 192 g/mol. The lowest BCUT2D eigenvalue weighted by Gasteiger charge is -2.28. The smallest absolute Gasteiger partial charge is 0.241 e. The van der Waals surface area contributed by atoms with Gasteiger partial charge in [0.05, 0.1) is 6.54 Å². The first-order valence-electron chi connectivity index (χ1n) is 5.80. The van der Waals surface area contributed by atoms with Gasteiger partial charge in [0.1, 0.15) is 0 Å². The fourth-order valence-electron chi connectivity index (χ4n) is 2.09. The Bertz CT molecular complexity index is 261. The second kappa shape index (κ2) is 4.64. The summed E-state index contributed by atoms with van der Waals surface area (Å²) in [4.78, 5) is 24.5. The van der Waals surface area contributed by atoms with Crippen LogP contribution < -0.4 is 5.32 Å². The Morgan fingerprint density at radius 3 is 2.80 bits per heavy atom. The highest BCUT2D eigenvalue weighted by Gasteiger charge is 2.22. The van der Waals surface area contributed by atoms with Crippen molar-refractivity contribution in [1.29, 1.82) is 0 Å². The largest absolute Gasteiger partial charge is 0.347 e. The lowest BCUT2D eigenvalue weighted by Crippen LogP contribution is -2.36. The van der Waals surface area contributed by atoms with Crippen molar-refractivity contribution in [2.75, 3.05) is 19.6 Å². The number of amides is 2. The van der Waals surface area contributed by atoms with Crippen molar-refractivity contribution in [3.63, 3.8) is 0 Å². The minimum atomic E-state index is -0.00510. The molecule has 1 aliphatic heterocycles. The van der Waals surface area contributed by atoms with Crippen molar-refractivity contribution < 1.29 is 9.59 Å². The Hall–Kier alpha value is -1.06. The van der Waals surface area contributed by atoms with Crippen LogP contribution in [0.3, 0.4) is 0 Å². The summed E-state index contributed by atoms with van der Waals surface area (Å²) in [6.45, 7) is 1.61. The van der Waals surface area contributed by atoms with Gasteiger partial charge in [0, 0.05) is 19.5 Å². The predicted molar refractivity (Wildman–Crippen MR) is 56.2 cm³/mol. The molecule has 2 aliphatic rings. The van der Waals surface area contributed by atoms with Crippen LogP contribution in [0.25, 0.3) is 0 Å². The van der Waals surface area contributed by atoms with Crippen molar-refractivity contribution in [2.45, 2.75) is 32.1 Å². The van der Waals surface area contributed by atoms with Crippen LogP contribution in [0.4, 0.5) is 0 Å². The third-order valence-electron chi connectivity index (χ3n) is 3.43.